The van der Waals surface area contributed by atoms with E-state index in [2.05, 4.69) is 41.0 Å². The monoisotopic (exact) mass is 537 g/mol. The third kappa shape index (κ3) is 5.37. The predicted molar refractivity (Wildman–Crippen MR) is 151 cm³/mol. The number of anilines is 1. The number of aromatic carboxylic acids is 1. The van der Waals surface area contributed by atoms with Crippen molar-refractivity contribution in [2.24, 2.45) is 5.92 Å². The Labute approximate surface area is 227 Å². The van der Waals surface area contributed by atoms with E-state index in [9.17, 15) is 4.79 Å². The molecule has 1 aliphatic heterocycles. The van der Waals surface area contributed by atoms with Crippen LogP contribution in [0.2, 0.25) is 0 Å². The number of carbonyl (C=O) groups is 1. The fourth-order valence-corrected chi connectivity index (χ4v) is 6.39. The molecule has 0 amide bonds. The molecule has 2 aliphatic rings. The number of benzene rings is 2. The first-order valence-electron chi connectivity index (χ1n) is 12.8. The number of halogens is 1. The van der Waals surface area contributed by atoms with E-state index in [0.717, 1.165) is 64.9 Å². The lowest BCUT2D eigenvalue weighted by molar-refractivity contribution is 0.0697. The van der Waals surface area contributed by atoms with Crippen molar-refractivity contribution in [3.8, 4) is 21.8 Å². The van der Waals surface area contributed by atoms with Gasteiger partial charge in [-0.25, -0.2) is 14.3 Å². The van der Waals surface area contributed by atoms with Crippen LogP contribution in [-0.4, -0.2) is 62.8 Å². The molecule has 1 N–H and O–H groups in total. The molecule has 0 spiro atoms. The van der Waals surface area contributed by atoms with Crippen LogP contribution < -0.4 is 4.90 Å². The number of carboxylic acid groups (broad SMARTS) is 1. The van der Waals surface area contributed by atoms with E-state index >= 15 is 0 Å². The highest BCUT2D eigenvalue weighted by molar-refractivity contribution is 7.19. The van der Waals surface area contributed by atoms with Gasteiger partial charge in [0.15, 0.2) is 0 Å². The number of aromatic nitrogens is 3. The standard InChI is InChI=1S/C28H31N5O2S.ClH/c1-19-2-10-23(11-3-19)31-14-16-32(17-15-31)24-12-8-21(9-13-24)26-30-33-18-25(29-28(33)36-26)20-4-6-22(7-5-20)27(34)35;/h4-9,12-13,18-19,23H,2-3,10-11,14-17H2,1H3,(H,34,35);1H/t19-,23+;. The number of imidazole rings is 1. The van der Waals surface area contributed by atoms with Gasteiger partial charge in [0.05, 0.1) is 17.5 Å². The molecule has 1 saturated heterocycles. The van der Waals surface area contributed by atoms with E-state index in [4.69, 9.17) is 15.2 Å². The molecule has 0 atom stereocenters. The van der Waals surface area contributed by atoms with E-state index in [1.165, 1.54) is 31.4 Å². The van der Waals surface area contributed by atoms with Crippen LogP contribution in [0.15, 0.2) is 54.7 Å². The minimum Gasteiger partial charge on any atom is -0.478 e. The van der Waals surface area contributed by atoms with Crippen molar-refractivity contribution in [2.45, 2.75) is 38.6 Å². The summed E-state index contributed by atoms with van der Waals surface area (Å²) in [6.07, 6.45) is 7.40. The summed E-state index contributed by atoms with van der Waals surface area (Å²) in [6, 6.07) is 16.3. The van der Waals surface area contributed by atoms with Crippen LogP contribution in [0, 0.1) is 5.92 Å². The normalized spacial score (nSPS) is 20.6. The molecule has 0 bridgehead atoms. The molecule has 194 valence electrons. The Bertz CT molecular complexity index is 1320. The molecule has 1 saturated carbocycles. The molecule has 9 heteroatoms. The van der Waals surface area contributed by atoms with Crippen molar-refractivity contribution < 1.29 is 9.90 Å². The van der Waals surface area contributed by atoms with Crippen molar-refractivity contribution >= 4 is 40.4 Å². The third-order valence-corrected chi connectivity index (χ3v) is 8.74. The summed E-state index contributed by atoms with van der Waals surface area (Å²) in [4.78, 5) is 21.8. The number of rotatable bonds is 5. The quantitative estimate of drug-likeness (QED) is 0.339. The van der Waals surface area contributed by atoms with Crippen molar-refractivity contribution in [2.75, 3.05) is 31.1 Å². The van der Waals surface area contributed by atoms with Gasteiger partial charge in [-0.15, -0.1) is 12.4 Å². The van der Waals surface area contributed by atoms with Gasteiger partial charge in [0, 0.05) is 49.0 Å². The molecule has 1 aliphatic carbocycles. The Morgan fingerprint density at radius 3 is 2.19 bits per heavy atom. The highest BCUT2D eigenvalue weighted by atomic mass is 35.5. The number of nitrogens with zero attached hydrogens (tertiary/aromatic N) is 5. The SMILES string of the molecule is C[C@H]1CC[C@@H](N2CCN(c3ccc(-c4nn5cc(-c6ccc(C(=O)O)cc6)nc5s4)cc3)CC2)CC1.Cl. The molecule has 4 aromatic rings. The van der Waals surface area contributed by atoms with Crippen molar-refractivity contribution in [1.82, 2.24) is 19.5 Å². The smallest absolute Gasteiger partial charge is 0.335 e. The zero-order valence-corrected chi connectivity index (χ0v) is 22.5. The van der Waals surface area contributed by atoms with E-state index in [0.29, 0.717) is 0 Å². The lowest BCUT2D eigenvalue weighted by Crippen LogP contribution is -2.51. The second kappa shape index (κ2) is 10.8. The first-order chi connectivity index (χ1) is 17.5. The highest BCUT2D eigenvalue weighted by Gasteiger charge is 2.27. The topological polar surface area (TPSA) is 74.0 Å². The maximum Gasteiger partial charge on any atom is 0.335 e. The molecule has 2 aromatic heterocycles. The first-order valence-corrected chi connectivity index (χ1v) is 13.6. The maximum atomic E-state index is 11.1. The number of hydrogen-bond acceptors (Lipinski definition) is 6. The fourth-order valence-electron chi connectivity index (χ4n) is 5.51. The van der Waals surface area contributed by atoms with Crippen LogP contribution in [0.4, 0.5) is 5.69 Å². The number of piperazine rings is 1. The Hall–Kier alpha value is -2.94. The molecule has 0 radical (unpaired) electrons. The van der Waals surface area contributed by atoms with Crippen LogP contribution in [0.1, 0.15) is 43.0 Å². The summed E-state index contributed by atoms with van der Waals surface area (Å²) in [5.41, 5.74) is 4.31. The van der Waals surface area contributed by atoms with E-state index in [1.807, 2.05) is 6.20 Å². The van der Waals surface area contributed by atoms with Crippen LogP contribution >= 0.6 is 23.7 Å². The van der Waals surface area contributed by atoms with Gasteiger partial charge < -0.3 is 10.0 Å². The van der Waals surface area contributed by atoms with Gasteiger partial charge in [0.2, 0.25) is 4.96 Å². The van der Waals surface area contributed by atoms with Gasteiger partial charge in [-0.2, -0.15) is 5.10 Å². The number of hydrogen-bond donors (Lipinski definition) is 1. The van der Waals surface area contributed by atoms with Crippen LogP contribution in [0.25, 0.3) is 26.8 Å². The molecule has 7 nitrogen and oxygen atoms in total. The summed E-state index contributed by atoms with van der Waals surface area (Å²) in [6.45, 7) is 6.89. The van der Waals surface area contributed by atoms with Crippen LogP contribution in [0.3, 0.4) is 0 Å². The second-order valence-corrected chi connectivity index (χ2v) is 11.1. The predicted octanol–water partition coefficient (Wildman–Crippen LogP) is 5.95. The Kier molecular flexibility index (Phi) is 7.51. The Morgan fingerprint density at radius 1 is 0.919 bits per heavy atom. The first kappa shape index (κ1) is 25.7. The number of fused-ring (bicyclic) bond motifs is 1. The third-order valence-electron chi connectivity index (χ3n) is 7.77. The van der Waals surface area contributed by atoms with E-state index in [-0.39, 0.29) is 18.0 Å². The average molecular weight is 538 g/mol. The van der Waals surface area contributed by atoms with Gasteiger partial charge in [-0.3, -0.25) is 4.90 Å². The van der Waals surface area contributed by atoms with Gasteiger partial charge in [0.25, 0.3) is 0 Å². The summed E-state index contributed by atoms with van der Waals surface area (Å²) >= 11 is 1.56. The van der Waals surface area contributed by atoms with Gasteiger partial charge in [-0.05, 0) is 68.0 Å². The molecule has 0 unspecified atom stereocenters. The van der Waals surface area contributed by atoms with Crippen molar-refractivity contribution in [3.63, 3.8) is 0 Å². The van der Waals surface area contributed by atoms with Crippen molar-refractivity contribution in [3.05, 3.63) is 60.3 Å². The second-order valence-electron chi connectivity index (χ2n) is 10.1. The number of carboxylic acids is 1. The lowest BCUT2D eigenvalue weighted by Gasteiger charge is -2.42. The fraction of sp³-hybridized carbons (Fsp3) is 0.393. The summed E-state index contributed by atoms with van der Waals surface area (Å²) in [5, 5.41) is 14.8. The summed E-state index contributed by atoms with van der Waals surface area (Å²) in [7, 11) is 0. The molecular formula is C28H32ClN5O2S. The summed E-state index contributed by atoms with van der Waals surface area (Å²) in [5.74, 6) is -0.0239. The van der Waals surface area contributed by atoms with Gasteiger partial charge >= 0.3 is 5.97 Å². The lowest BCUT2D eigenvalue weighted by atomic mass is 9.86. The van der Waals surface area contributed by atoms with E-state index < -0.39 is 5.97 Å². The Balaban J connectivity index is 0.00000280. The average Bonchev–Trinajstić information content (AvgIpc) is 3.49. The highest BCUT2D eigenvalue weighted by Crippen LogP contribution is 2.31. The summed E-state index contributed by atoms with van der Waals surface area (Å²) < 4.78 is 1.81. The minimum atomic E-state index is -0.930. The largest absolute Gasteiger partial charge is 0.478 e. The maximum absolute atomic E-state index is 11.1. The molecule has 2 aromatic carbocycles. The molecular weight excluding hydrogens is 506 g/mol. The minimum absolute atomic E-state index is 0. The zero-order chi connectivity index (χ0) is 24.6. The molecule has 2 fully saturated rings. The van der Waals surface area contributed by atoms with Crippen LogP contribution in [-0.2, 0) is 0 Å². The molecule has 37 heavy (non-hydrogen) atoms. The van der Waals surface area contributed by atoms with Crippen LogP contribution in [0.5, 0.6) is 0 Å². The molecule has 6 rings (SSSR count). The molecule has 3 heterocycles. The van der Waals surface area contributed by atoms with E-state index in [1.54, 1.807) is 40.1 Å². The van der Waals surface area contributed by atoms with Gasteiger partial charge in [0.1, 0.15) is 5.01 Å². The Morgan fingerprint density at radius 2 is 1.57 bits per heavy atom. The van der Waals surface area contributed by atoms with Gasteiger partial charge in [-0.1, -0.05) is 30.4 Å². The zero-order valence-electron chi connectivity index (χ0n) is 20.9. The van der Waals surface area contributed by atoms with Crippen molar-refractivity contribution in [1.29, 1.82) is 0 Å².